The Morgan fingerprint density at radius 3 is 3.15 bits per heavy atom. The van der Waals surface area contributed by atoms with E-state index in [-0.39, 0.29) is 0 Å². The van der Waals surface area contributed by atoms with E-state index in [0.717, 1.165) is 5.56 Å². The molecule has 0 spiro atoms. The van der Waals surface area contributed by atoms with Gasteiger partial charge in [-0.3, -0.25) is 0 Å². The molecule has 1 heterocycles. The van der Waals surface area contributed by atoms with E-state index >= 15 is 0 Å². The van der Waals surface area contributed by atoms with Crippen molar-refractivity contribution in [2.45, 2.75) is 13.3 Å². The predicted molar refractivity (Wildman–Crippen MR) is 54.6 cm³/mol. The van der Waals surface area contributed by atoms with Gasteiger partial charge in [-0.05, 0) is 18.5 Å². The molecule has 0 amide bonds. The highest BCUT2D eigenvalue weighted by molar-refractivity contribution is 7.10. The van der Waals surface area contributed by atoms with Crippen molar-refractivity contribution < 1.29 is 0 Å². The highest BCUT2D eigenvalue weighted by Crippen LogP contribution is 2.11. The number of aryl methyl sites for hydroxylation is 1. The lowest BCUT2D eigenvalue weighted by Gasteiger charge is -1.78. The molecular weight excluding hydrogens is 182 g/mol. The van der Waals surface area contributed by atoms with Crippen molar-refractivity contribution >= 4 is 11.3 Å². The van der Waals surface area contributed by atoms with Crippen LogP contribution in [0.1, 0.15) is 16.9 Å². The highest BCUT2D eigenvalue weighted by atomic mass is 32.1. The fraction of sp³-hybridized carbons (Fsp3) is 0.333. The lowest BCUT2D eigenvalue weighted by Crippen LogP contribution is -1.73. The third-order valence-corrected chi connectivity index (χ3v) is 2.22. The minimum absolute atomic E-state index is 0.451. The average Bonchev–Trinajstić information content (AvgIpc) is 2.51. The maximum atomic E-state index is 8.00. The van der Waals surface area contributed by atoms with Gasteiger partial charge in [0.05, 0.1) is 0 Å². The van der Waals surface area contributed by atoms with Crippen LogP contribution in [0.4, 0.5) is 0 Å². The van der Waals surface area contributed by atoms with Gasteiger partial charge < -0.3 is 0 Å². The van der Waals surface area contributed by atoms with Gasteiger partial charge in [0.25, 0.3) is 0 Å². The summed E-state index contributed by atoms with van der Waals surface area (Å²) in [7, 11) is 0. The molecule has 0 bridgehead atoms. The molecule has 0 aromatic carbocycles. The number of hydrogen-bond acceptors (Lipinski definition) is 2. The number of nitrogens with zero attached hydrogens (tertiary/aromatic N) is 3. The first-order valence-corrected chi connectivity index (χ1v) is 4.76. The first kappa shape index (κ1) is 9.66. The van der Waals surface area contributed by atoms with Gasteiger partial charge in [-0.1, -0.05) is 17.0 Å². The first-order valence-electron chi connectivity index (χ1n) is 3.88. The van der Waals surface area contributed by atoms with Crippen molar-refractivity contribution in [1.29, 1.82) is 0 Å². The molecule has 66 valence electrons. The lowest BCUT2D eigenvalue weighted by atomic mass is 10.3. The molecular formula is C9H9N3S. The van der Waals surface area contributed by atoms with Crippen molar-refractivity contribution in [2.24, 2.45) is 5.11 Å². The Labute approximate surface area is 81.0 Å². The second kappa shape index (κ2) is 5.26. The van der Waals surface area contributed by atoms with E-state index in [4.69, 9.17) is 5.53 Å². The van der Waals surface area contributed by atoms with E-state index in [1.807, 2.05) is 11.4 Å². The third kappa shape index (κ3) is 3.66. The predicted octanol–water partition coefficient (Wildman–Crippen LogP) is 3.11. The molecule has 3 nitrogen and oxygen atoms in total. The summed E-state index contributed by atoms with van der Waals surface area (Å²) in [6, 6.07) is 2.05. The molecule has 0 fully saturated rings. The Hall–Kier alpha value is -1.43. The first-order chi connectivity index (χ1) is 6.33. The molecule has 0 atom stereocenters. The molecule has 0 aliphatic rings. The van der Waals surface area contributed by atoms with Crippen LogP contribution in [0.25, 0.3) is 10.4 Å². The lowest BCUT2D eigenvalue weighted by molar-refractivity contribution is 1.01. The number of rotatable bonds is 2. The van der Waals surface area contributed by atoms with E-state index in [1.165, 1.54) is 4.88 Å². The van der Waals surface area contributed by atoms with E-state index in [0.29, 0.717) is 13.0 Å². The summed E-state index contributed by atoms with van der Waals surface area (Å²) in [5, 5.41) is 5.41. The molecule has 0 aliphatic heterocycles. The van der Waals surface area contributed by atoms with Gasteiger partial charge in [-0.15, -0.1) is 11.3 Å². The van der Waals surface area contributed by atoms with Gasteiger partial charge in [0.1, 0.15) is 0 Å². The summed E-state index contributed by atoms with van der Waals surface area (Å²) in [5.74, 6) is 5.94. The molecule has 0 radical (unpaired) electrons. The van der Waals surface area contributed by atoms with Gasteiger partial charge in [0.15, 0.2) is 0 Å². The van der Waals surface area contributed by atoms with Crippen LogP contribution in [0.5, 0.6) is 0 Å². The Kier molecular flexibility index (Phi) is 3.90. The summed E-state index contributed by atoms with van der Waals surface area (Å²) in [6.07, 6.45) is 0.624. The van der Waals surface area contributed by atoms with Crippen LogP contribution >= 0.6 is 11.3 Å². The maximum Gasteiger partial charge on any atom is 0.0367 e. The van der Waals surface area contributed by atoms with Gasteiger partial charge in [0, 0.05) is 33.7 Å². The van der Waals surface area contributed by atoms with Gasteiger partial charge in [-0.2, -0.15) is 0 Å². The van der Waals surface area contributed by atoms with Crippen LogP contribution in [0, 0.1) is 18.8 Å². The molecule has 4 heteroatoms. The summed E-state index contributed by atoms with van der Waals surface area (Å²) >= 11 is 1.69. The van der Waals surface area contributed by atoms with Crippen LogP contribution in [0.2, 0.25) is 0 Å². The van der Waals surface area contributed by atoms with Crippen molar-refractivity contribution in [3.63, 3.8) is 0 Å². The van der Waals surface area contributed by atoms with Crippen molar-refractivity contribution in [1.82, 2.24) is 0 Å². The smallest absolute Gasteiger partial charge is 0.0367 e. The quantitative estimate of drug-likeness (QED) is 0.227. The van der Waals surface area contributed by atoms with Crippen LogP contribution in [-0.2, 0) is 0 Å². The Morgan fingerprint density at radius 1 is 1.69 bits per heavy atom. The minimum atomic E-state index is 0.451. The second-order valence-corrected chi connectivity index (χ2v) is 3.57. The third-order valence-electron chi connectivity index (χ3n) is 1.36. The highest BCUT2D eigenvalue weighted by Gasteiger charge is 1.89. The molecule has 1 rings (SSSR count). The van der Waals surface area contributed by atoms with E-state index in [2.05, 4.69) is 28.8 Å². The molecule has 0 unspecified atom stereocenters. The summed E-state index contributed by atoms with van der Waals surface area (Å²) in [5.41, 5.74) is 9.04. The van der Waals surface area contributed by atoms with Crippen LogP contribution in [0.15, 0.2) is 16.6 Å². The topological polar surface area (TPSA) is 48.8 Å². The van der Waals surface area contributed by atoms with E-state index < -0.39 is 0 Å². The Morgan fingerprint density at radius 2 is 2.54 bits per heavy atom. The second-order valence-electron chi connectivity index (χ2n) is 2.45. The van der Waals surface area contributed by atoms with E-state index in [9.17, 15) is 0 Å². The van der Waals surface area contributed by atoms with Gasteiger partial charge in [0.2, 0.25) is 0 Å². The molecule has 0 saturated heterocycles. The summed E-state index contributed by atoms with van der Waals surface area (Å²) in [6.45, 7) is 2.50. The molecule has 0 aliphatic carbocycles. The monoisotopic (exact) mass is 191 g/mol. The SMILES string of the molecule is Cc1cc(C#CCCN=[N+]=[N-])cs1. The Bertz CT molecular complexity index is 377. The number of thiophene rings is 1. The van der Waals surface area contributed by atoms with Crippen molar-refractivity contribution in [3.05, 3.63) is 32.3 Å². The molecule has 13 heavy (non-hydrogen) atoms. The standard InChI is InChI=1S/C9H9N3S/c1-8-6-9(7-13-8)4-2-3-5-11-12-10/h6-7H,3,5H2,1H3. The summed E-state index contributed by atoms with van der Waals surface area (Å²) < 4.78 is 0. The van der Waals surface area contributed by atoms with Gasteiger partial charge in [-0.25, -0.2) is 0 Å². The largest absolute Gasteiger partial charge is 0.148 e. The normalized spacial score (nSPS) is 8.38. The van der Waals surface area contributed by atoms with Crippen LogP contribution in [-0.4, -0.2) is 6.54 Å². The Balaban J connectivity index is 2.43. The zero-order valence-corrected chi connectivity index (χ0v) is 8.14. The van der Waals surface area contributed by atoms with Crippen molar-refractivity contribution in [3.8, 4) is 11.8 Å². The van der Waals surface area contributed by atoms with Gasteiger partial charge >= 0.3 is 0 Å². The number of azide groups is 1. The van der Waals surface area contributed by atoms with E-state index in [1.54, 1.807) is 11.3 Å². The van der Waals surface area contributed by atoms with Crippen LogP contribution < -0.4 is 0 Å². The average molecular weight is 191 g/mol. The maximum absolute atomic E-state index is 8.00. The van der Waals surface area contributed by atoms with Crippen LogP contribution in [0.3, 0.4) is 0 Å². The van der Waals surface area contributed by atoms with Crippen molar-refractivity contribution in [2.75, 3.05) is 6.54 Å². The molecule has 0 saturated carbocycles. The fourth-order valence-corrected chi connectivity index (χ4v) is 1.46. The zero-order chi connectivity index (χ0) is 9.52. The fourth-order valence-electron chi connectivity index (χ4n) is 0.824. The summed E-state index contributed by atoms with van der Waals surface area (Å²) in [4.78, 5) is 3.91. The molecule has 1 aromatic heterocycles. The molecule has 1 aromatic rings. The molecule has 0 N–H and O–H groups in total. The number of hydrogen-bond donors (Lipinski definition) is 0. The zero-order valence-electron chi connectivity index (χ0n) is 7.32. The minimum Gasteiger partial charge on any atom is -0.148 e.